The molecule has 0 aromatic heterocycles. The fourth-order valence-corrected chi connectivity index (χ4v) is 5.13. The monoisotopic (exact) mass is 420 g/mol. The van der Waals surface area contributed by atoms with Crippen molar-refractivity contribution in [3.63, 3.8) is 0 Å². The van der Waals surface area contributed by atoms with Gasteiger partial charge in [0.25, 0.3) is 0 Å². The lowest BCUT2D eigenvalue weighted by Crippen LogP contribution is -2.46. The Morgan fingerprint density at radius 1 is 1.20 bits per heavy atom. The Morgan fingerprint density at radius 3 is 2.57 bits per heavy atom. The van der Waals surface area contributed by atoms with Crippen LogP contribution in [0.3, 0.4) is 0 Å². The lowest BCUT2D eigenvalue weighted by Gasteiger charge is -2.48. The normalized spacial score (nSPS) is 29.7. The summed E-state index contributed by atoms with van der Waals surface area (Å²) in [5, 5.41) is 29.8. The minimum Gasteiger partial charge on any atom is -0.454 e. The van der Waals surface area contributed by atoms with E-state index in [-0.39, 0.29) is 18.6 Å². The largest absolute Gasteiger partial charge is 0.454 e. The molecule has 0 spiro atoms. The Hall–Kier alpha value is -1.43. The number of esters is 1. The molecule has 0 saturated heterocycles. The van der Waals surface area contributed by atoms with E-state index in [1.165, 1.54) is 18.1 Å². The summed E-state index contributed by atoms with van der Waals surface area (Å²) in [5.41, 5.74) is 2.40. The highest BCUT2D eigenvalue weighted by atomic mass is 16.5. The summed E-state index contributed by atoms with van der Waals surface area (Å²) in [6.45, 7) is 8.48. The van der Waals surface area contributed by atoms with Gasteiger partial charge in [0.2, 0.25) is 0 Å². The van der Waals surface area contributed by atoms with E-state index in [0.29, 0.717) is 17.9 Å². The van der Waals surface area contributed by atoms with Crippen LogP contribution in [0.1, 0.15) is 79.1 Å². The number of rotatable bonds is 10. The molecule has 1 heterocycles. The second-order valence-electron chi connectivity index (χ2n) is 9.94. The fraction of sp³-hybridized carbons (Fsp3) is 0.720. The summed E-state index contributed by atoms with van der Waals surface area (Å²) in [5.74, 6) is -0.112. The molecule has 2 aliphatic rings. The molecular formula is C25H40O5. The molecule has 1 aliphatic carbocycles. The first-order valence-corrected chi connectivity index (χ1v) is 11.3. The molecule has 5 nitrogen and oxygen atoms in total. The second-order valence-corrected chi connectivity index (χ2v) is 9.94. The lowest BCUT2D eigenvalue weighted by atomic mass is 9.60. The summed E-state index contributed by atoms with van der Waals surface area (Å²) in [7, 11) is 0. The molecule has 170 valence electrons. The van der Waals surface area contributed by atoms with E-state index in [2.05, 4.69) is 26.8 Å². The van der Waals surface area contributed by atoms with Crippen LogP contribution in [0.2, 0.25) is 0 Å². The number of carbonyl (C=O) groups is 1. The number of hydrogen-bond acceptors (Lipinski definition) is 5. The summed E-state index contributed by atoms with van der Waals surface area (Å²) in [4.78, 5) is 11.3. The van der Waals surface area contributed by atoms with E-state index in [0.717, 1.165) is 44.1 Å². The Labute approximate surface area is 181 Å². The van der Waals surface area contributed by atoms with Gasteiger partial charge in [0.05, 0.1) is 18.8 Å². The average Bonchev–Trinajstić information content (AvgIpc) is 3.02. The number of aliphatic hydroxyl groups excluding tert-OH is 2. The highest BCUT2D eigenvalue weighted by molar-refractivity contribution is 5.85. The Bertz CT molecular complexity index is 668. The molecule has 0 amide bonds. The first-order chi connectivity index (χ1) is 14.1. The third-order valence-corrected chi connectivity index (χ3v) is 6.97. The summed E-state index contributed by atoms with van der Waals surface area (Å²) in [6.07, 6.45) is 12.2. The van der Waals surface area contributed by atoms with Gasteiger partial charge in [-0.15, -0.1) is 0 Å². The Kier molecular flexibility index (Phi) is 8.89. The third kappa shape index (κ3) is 6.79. The van der Waals surface area contributed by atoms with Crippen LogP contribution in [0, 0.1) is 11.3 Å². The topological polar surface area (TPSA) is 87.0 Å². The standard InChI is InChI=1S/C25H40O5/c1-18(9-12-22-24(2,3)13-6-14-25(22,4)29)7-5-8-19(16-26)10-11-21-20(17-27)15-23(28)30-21/h7,10,15,21-22,26-27,29H,5-6,8-9,11-14,16-17H2,1-4H3/b18-7+,19-10-/t21-,22+,25+/m1/s1. The van der Waals surface area contributed by atoms with Gasteiger partial charge in [-0.3, -0.25) is 0 Å². The Balaban J connectivity index is 1.83. The first-order valence-electron chi connectivity index (χ1n) is 11.3. The molecule has 0 radical (unpaired) electrons. The van der Waals surface area contributed by atoms with Crippen LogP contribution < -0.4 is 0 Å². The smallest absolute Gasteiger partial charge is 0.331 e. The number of aliphatic hydroxyl groups is 3. The molecule has 3 atom stereocenters. The predicted octanol–water partition coefficient (Wildman–Crippen LogP) is 4.22. The molecule has 1 aliphatic heterocycles. The van der Waals surface area contributed by atoms with Crippen LogP contribution in [0.25, 0.3) is 0 Å². The van der Waals surface area contributed by atoms with Crippen molar-refractivity contribution in [2.24, 2.45) is 11.3 Å². The van der Waals surface area contributed by atoms with Crippen LogP contribution in [0.5, 0.6) is 0 Å². The van der Waals surface area contributed by atoms with E-state index in [1.54, 1.807) is 0 Å². The lowest BCUT2D eigenvalue weighted by molar-refractivity contribution is -0.138. The van der Waals surface area contributed by atoms with Crippen LogP contribution in [-0.4, -0.2) is 46.2 Å². The van der Waals surface area contributed by atoms with Crippen molar-refractivity contribution in [1.82, 2.24) is 0 Å². The third-order valence-electron chi connectivity index (χ3n) is 6.97. The van der Waals surface area contributed by atoms with Crippen molar-refractivity contribution >= 4 is 5.97 Å². The fourth-order valence-electron chi connectivity index (χ4n) is 5.13. The molecule has 1 saturated carbocycles. The van der Waals surface area contributed by atoms with Crippen molar-refractivity contribution in [2.45, 2.75) is 90.8 Å². The summed E-state index contributed by atoms with van der Waals surface area (Å²) < 4.78 is 5.18. The molecule has 0 bridgehead atoms. The number of carbonyl (C=O) groups excluding carboxylic acids is 1. The molecule has 0 unspecified atom stereocenters. The van der Waals surface area contributed by atoms with Gasteiger partial charge in [0, 0.05) is 18.1 Å². The second kappa shape index (κ2) is 10.7. The van der Waals surface area contributed by atoms with Gasteiger partial charge in [-0.25, -0.2) is 4.79 Å². The quantitative estimate of drug-likeness (QED) is 0.364. The zero-order valence-electron chi connectivity index (χ0n) is 19.1. The van der Waals surface area contributed by atoms with Gasteiger partial charge < -0.3 is 20.1 Å². The van der Waals surface area contributed by atoms with Gasteiger partial charge in [0.1, 0.15) is 6.10 Å². The first kappa shape index (κ1) is 24.8. The van der Waals surface area contributed by atoms with Crippen molar-refractivity contribution in [3.8, 4) is 0 Å². The molecule has 2 rings (SSSR count). The highest BCUT2D eigenvalue weighted by Crippen LogP contribution is 2.48. The van der Waals surface area contributed by atoms with Crippen LogP contribution in [-0.2, 0) is 9.53 Å². The number of cyclic esters (lactones) is 1. The maximum absolute atomic E-state index is 11.3. The molecule has 30 heavy (non-hydrogen) atoms. The predicted molar refractivity (Wildman–Crippen MR) is 119 cm³/mol. The number of ether oxygens (including phenoxy) is 1. The van der Waals surface area contributed by atoms with Gasteiger partial charge in [-0.05, 0) is 69.3 Å². The minimum atomic E-state index is -0.583. The van der Waals surface area contributed by atoms with Gasteiger partial charge in [-0.2, -0.15) is 0 Å². The zero-order chi connectivity index (χ0) is 22.4. The maximum Gasteiger partial charge on any atom is 0.331 e. The molecule has 3 N–H and O–H groups in total. The molecule has 5 heteroatoms. The SMILES string of the molecule is C/C(=C\CC/C(=C/C[C@H]1OC(=O)C=C1CO)CO)CC[C@H]1C(C)(C)CCC[C@]1(C)O. The van der Waals surface area contributed by atoms with E-state index >= 15 is 0 Å². The van der Waals surface area contributed by atoms with Gasteiger partial charge in [-0.1, -0.05) is 38.0 Å². The summed E-state index contributed by atoms with van der Waals surface area (Å²) in [6, 6.07) is 0. The van der Waals surface area contributed by atoms with E-state index in [4.69, 9.17) is 4.74 Å². The molecule has 0 aromatic rings. The van der Waals surface area contributed by atoms with Gasteiger partial charge in [0.15, 0.2) is 0 Å². The minimum absolute atomic E-state index is 0.0230. The van der Waals surface area contributed by atoms with Gasteiger partial charge >= 0.3 is 5.97 Å². The van der Waals surface area contributed by atoms with Crippen LogP contribution in [0.15, 0.2) is 34.9 Å². The molecule has 1 fully saturated rings. The van der Waals surface area contributed by atoms with Crippen molar-refractivity contribution in [2.75, 3.05) is 13.2 Å². The van der Waals surface area contributed by atoms with Crippen molar-refractivity contribution in [3.05, 3.63) is 34.9 Å². The highest BCUT2D eigenvalue weighted by Gasteiger charge is 2.44. The average molecular weight is 421 g/mol. The van der Waals surface area contributed by atoms with E-state index in [9.17, 15) is 20.1 Å². The summed E-state index contributed by atoms with van der Waals surface area (Å²) >= 11 is 0. The number of allylic oxidation sites excluding steroid dienone is 2. The van der Waals surface area contributed by atoms with Crippen molar-refractivity contribution < 1.29 is 24.9 Å². The van der Waals surface area contributed by atoms with E-state index < -0.39 is 17.7 Å². The van der Waals surface area contributed by atoms with E-state index in [1.807, 2.05) is 13.0 Å². The zero-order valence-corrected chi connectivity index (χ0v) is 19.1. The maximum atomic E-state index is 11.3. The molecular weight excluding hydrogens is 380 g/mol. The molecule has 0 aromatic carbocycles. The van der Waals surface area contributed by atoms with Crippen LogP contribution in [0.4, 0.5) is 0 Å². The number of hydrogen-bond donors (Lipinski definition) is 3. The van der Waals surface area contributed by atoms with Crippen LogP contribution >= 0.6 is 0 Å². The van der Waals surface area contributed by atoms with Crippen molar-refractivity contribution in [1.29, 1.82) is 0 Å². The Morgan fingerprint density at radius 2 is 1.93 bits per heavy atom.